The maximum Gasteiger partial charge on any atom is 0.197 e. The Balaban J connectivity index is 2.12. The summed E-state index contributed by atoms with van der Waals surface area (Å²) < 4.78 is 5.50. The fourth-order valence-electron chi connectivity index (χ4n) is 2.13. The average molecular weight is 215 g/mol. The lowest BCUT2D eigenvalue weighted by molar-refractivity contribution is 0.544. The van der Waals surface area contributed by atoms with Crippen LogP contribution in [0.2, 0.25) is 0 Å². The number of furan rings is 1. The van der Waals surface area contributed by atoms with Crippen LogP contribution in [0, 0.1) is 6.92 Å². The lowest BCUT2D eigenvalue weighted by atomic mass is 10.2. The Morgan fingerprint density at radius 3 is 2.88 bits per heavy atom. The second-order valence-corrected chi connectivity index (χ2v) is 4.12. The van der Waals surface area contributed by atoms with Gasteiger partial charge in [-0.15, -0.1) is 0 Å². The zero-order valence-electron chi connectivity index (χ0n) is 9.16. The lowest BCUT2D eigenvalue weighted by Crippen LogP contribution is -2.02. The highest BCUT2D eigenvalue weighted by Gasteiger charge is 2.19. The summed E-state index contributed by atoms with van der Waals surface area (Å²) in [5, 5.41) is 0. The van der Waals surface area contributed by atoms with Crippen molar-refractivity contribution in [1.82, 2.24) is 9.97 Å². The van der Waals surface area contributed by atoms with Crippen molar-refractivity contribution in [2.45, 2.75) is 26.2 Å². The first kappa shape index (κ1) is 9.39. The minimum atomic E-state index is 0.603. The van der Waals surface area contributed by atoms with Crippen LogP contribution >= 0.6 is 0 Å². The fraction of sp³-hybridized carbons (Fsp3) is 0.333. The molecular weight excluding hydrogens is 202 g/mol. The van der Waals surface area contributed by atoms with Gasteiger partial charge in [-0.2, -0.15) is 0 Å². The average Bonchev–Trinajstić information content (AvgIpc) is 2.85. The van der Waals surface area contributed by atoms with Crippen LogP contribution in [0.25, 0.3) is 11.6 Å². The van der Waals surface area contributed by atoms with Gasteiger partial charge in [-0.3, -0.25) is 0 Å². The van der Waals surface area contributed by atoms with E-state index in [1.165, 1.54) is 0 Å². The molecule has 0 radical (unpaired) electrons. The highest BCUT2D eigenvalue weighted by molar-refractivity contribution is 5.55. The number of fused-ring (bicyclic) bond motifs is 1. The minimum Gasteiger partial charge on any atom is -0.458 e. The first-order valence-electron chi connectivity index (χ1n) is 5.46. The van der Waals surface area contributed by atoms with E-state index >= 15 is 0 Å². The molecule has 0 aromatic carbocycles. The molecule has 2 N–H and O–H groups in total. The Morgan fingerprint density at radius 1 is 1.25 bits per heavy atom. The van der Waals surface area contributed by atoms with E-state index in [4.69, 9.17) is 10.2 Å². The van der Waals surface area contributed by atoms with Crippen LogP contribution in [0.3, 0.4) is 0 Å². The largest absolute Gasteiger partial charge is 0.458 e. The van der Waals surface area contributed by atoms with Crippen LogP contribution in [0.15, 0.2) is 16.5 Å². The summed E-state index contributed by atoms with van der Waals surface area (Å²) in [6, 6.07) is 3.79. The summed E-state index contributed by atoms with van der Waals surface area (Å²) in [4.78, 5) is 8.81. The maximum absolute atomic E-state index is 5.92. The van der Waals surface area contributed by atoms with Crippen molar-refractivity contribution < 1.29 is 4.42 Å². The predicted molar refractivity (Wildman–Crippen MR) is 60.9 cm³/mol. The molecule has 0 saturated carbocycles. The molecule has 0 spiro atoms. The van der Waals surface area contributed by atoms with E-state index in [2.05, 4.69) is 9.97 Å². The molecule has 0 amide bonds. The summed E-state index contributed by atoms with van der Waals surface area (Å²) in [7, 11) is 0. The van der Waals surface area contributed by atoms with Gasteiger partial charge in [-0.1, -0.05) is 0 Å². The molecule has 2 heterocycles. The van der Waals surface area contributed by atoms with E-state index in [0.29, 0.717) is 17.4 Å². The molecule has 0 unspecified atom stereocenters. The number of anilines is 1. The molecule has 3 rings (SSSR count). The molecule has 1 aliphatic carbocycles. The first-order valence-corrected chi connectivity index (χ1v) is 5.46. The molecule has 82 valence electrons. The van der Waals surface area contributed by atoms with E-state index in [1.54, 1.807) is 0 Å². The van der Waals surface area contributed by atoms with Gasteiger partial charge in [0, 0.05) is 11.3 Å². The summed E-state index contributed by atoms with van der Waals surface area (Å²) in [5.74, 6) is 2.76. The monoisotopic (exact) mass is 215 g/mol. The molecule has 0 bridgehead atoms. The highest BCUT2D eigenvalue weighted by Crippen LogP contribution is 2.27. The highest BCUT2D eigenvalue weighted by atomic mass is 16.3. The summed E-state index contributed by atoms with van der Waals surface area (Å²) >= 11 is 0. The number of hydrogen-bond acceptors (Lipinski definition) is 4. The van der Waals surface area contributed by atoms with Gasteiger partial charge in [0.25, 0.3) is 0 Å². The van der Waals surface area contributed by atoms with Crippen molar-refractivity contribution in [3.05, 3.63) is 29.2 Å². The van der Waals surface area contributed by atoms with Crippen LogP contribution < -0.4 is 5.73 Å². The maximum atomic E-state index is 5.92. The normalized spacial score (nSPS) is 14.1. The molecule has 0 saturated heterocycles. The number of aryl methyl sites for hydroxylation is 2. The molecule has 2 aromatic rings. The Morgan fingerprint density at radius 2 is 2.12 bits per heavy atom. The molecule has 1 aliphatic rings. The number of nitrogens with zero attached hydrogens (tertiary/aromatic N) is 2. The van der Waals surface area contributed by atoms with Crippen molar-refractivity contribution in [1.29, 1.82) is 0 Å². The Labute approximate surface area is 93.5 Å². The van der Waals surface area contributed by atoms with Crippen LogP contribution in [0.5, 0.6) is 0 Å². The van der Waals surface area contributed by atoms with Crippen LogP contribution in [-0.4, -0.2) is 9.97 Å². The van der Waals surface area contributed by atoms with Crippen LogP contribution in [-0.2, 0) is 12.8 Å². The zero-order valence-corrected chi connectivity index (χ0v) is 9.16. The van der Waals surface area contributed by atoms with Crippen molar-refractivity contribution in [2.75, 3.05) is 5.73 Å². The van der Waals surface area contributed by atoms with Gasteiger partial charge in [0.15, 0.2) is 11.6 Å². The Bertz CT molecular complexity index is 545. The van der Waals surface area contributed by atoms with Crippen molar-refractivity contribution in [2.24, 2.45) is 0 Å². The Kier molecular flexibility index (Phi) is 1.96. The van der Waals surface area contributed by atoms with Gasteiger partial charge in [-0.25, -0.2) is 9.97 Å². The third-order valence-corrected chi connectivity index (χ3v) is 2.93. The molecule has 16 heavy (non-hydrogen) atoms. The molecule has 0 fully saturated rings. The molecule has 4 heteroatoms. The molecule has 4 nitrogen and oxygen atoms in total. The van der Waals surface area contributed by atoms with Crippen molar-refractivity contribution >= 4 is 5.82 Å². The van der Waals surface area contributed by atoms with Gasteiger partial charge in [-0.05, 0) is 38.3 Å². The van der Waals surface area contributed by atoms with E-state index in [-0.39, 0.29) is 0 Å². The van der Waals surface area contributed by atoms with E-state index < -0.39 is 0 Å². The quantitative estimate of drug-likeness (QED) is 0.791. The summed E-state index contributed by atoms with van der Waals surface area (Å²) in [5.41, 5.74) is 8.12. The molecule has 2 aromatic heterocycles. The van der Waals surface area contributed by atoms with Gasteiger partial charge >= 0.3 is 0 Å². The van der Waals surface area contributed by atoms with Crippen molar-refractivity contribution in [3.8, 4) is 11.6 Å². The summed E-state index contributed by atoms with van der Waals surface area (Å²) in [6.45, 7) is 1.90. The standard InChI is InChI=1S/C12H13N3O/c1-7-5-6-10(16-7)12-14-9-4-2-3-8(9)11(13)15-12/h5-6H,2-4H2,1H3,(H2,13,14,15). The minimum absolute atomic E-state index is 0.603. The van der Waals surface area contributed by atoms with E-state index in [9.17, 15) is 0 Å². The number of nitrogen functional groups attached to an aromatic ring is 1. The van der Waals surface area contributed by atoms with E-state index in [0.717, 1.165) is 36.3 Å². The van der Waals surface area contributed by atoms with Crippen molar-refractivity contribution in [3.63, 3.8) is 0 Å². The second kappa shape index (κ2) is 3.33. The number of rotatable bonds is 1. The number of aromatic nitrogens is 2. The van der Waals surface area contributed by atoms with Gasteiger partial charge < -0.3 is 10.2 Å². The van der Waals surface area contributed by atoms with Gasteiger partial charge in [0.05, 0.1) is 0 Å². The van der Waals surface area contributed by atoms with Crippen LogP contribution in [0.1, 0.15) is 23.4 Å². The first-order chi connectivity index (χ1) is 7.74. The van der Waals surface area contributed by atoms with Gasteiger partial charge in [0.2, 0.25) is 0 Å². The lowest BCUT2D eigenvalue weighted by Gasteiger charge is -2.04. The predicted octanol–water partition coefficient (Wildman–Crippen LogP) is 2.12. The smallest absolute Gasteiger partial charge is 0.197 e. The second-order valence-electron chi connectivity index (χ2n) is 4.12. The molecule has 0 atom stereocenters. The molecular formula is C12H13N3O. The summed E-state index contributed by atoms with van der Waals surface area (Å²) in [6.07, 6.45) is 3.11. The topological polar surface area (TPSA) is 64.9 Å². The third-order valence-electron chi connectivity index (χ3n) is 2.93. The number of hydrogen-bond donors (Lipinski definition) is 1. The van der Waals surface area contributed by atoms with E-state index in [1.807, 2.05) is 19.1 Å². The number of nitrogens with two attached hydrogens (primary N) is 1. The fourth-order valence-corrected chi connectivity index (χ4v) is 2.13. The van der Waals surface area contributed by atoms with Gasteiger partial charge in [0.1, 0.15) is 11.6 Å². The Hall–Kier alpha value is -1.84. The molecule has 0 aliphatic heterocycles. The third kappa shape index (κ3) is 1.38. The SMILES string of the molecule is Cc1ccc(-c2nc(N)c3c(n2)CCC3)o1. The van der Waals surface area contributed by atoms with Crippen LogP contribution in [0.4, 0.5) is 5.82 Å². The zero-order chi connectivity index (χ0) is 11.1.